The Labute approximate surface area is 118 Å². The smallest absolute Gasteiger partial charge is 0.303 e. The summed E-state index contributed by atoms with van der Waals surface area (Å²) in [4.78, 5) is 23.9. The highest BCUT2D eigenvalue weighted by Crippen LogP contribution is 2.26. The molecule has 1 aliphatic heterocycles. The fourth-order valence-electron chi connectivity index (χ4n) is 2.70. The van der Waals surface area contributed by atoms with E-state index in [-0.39, 0.29) is 6.42 Å². The van der Waals surface area contributed by atoms with Crippen molar-refractivity contribution >= 4 is 17.6 Å². The molecule has 1 aromatic carbocycles. The van der Waals surface area contributed by atoms with Gasteiger partial charge in [0.15, 0.2) is 0 Å². The minimum atomic E-state index is -0.729. The van der Waals surface area contributed by atoms with E-state index >= 15 is 0 Å². The molecule has 3 N–H and O–H groups in total. The molecule has 0 radical (unpaired) electrons. The molecule has 0 bridgehead atoms. The molecule has 1 heterocycles. The van der Waals surface area contributed by atoms with Crippen molar-refractivity contribution in [2.75, 3.05) is 18.0 Å². The van der Waals surface area contributed by atoms with Gasteiger partial charge in [0.25, 0.3) is 0 Å². The lowest BCUT2D eigenvalue weighted by atomic mass is 9.93. The normalized spacial score (nSPS) is 18.8. The van der Waals surface area contributed by atoms with Crippen LogP contribution in [0.2, 0.25) is 0 Å². The molecule has 1 atom stereocenters. The van der Waals surface area contributed by atoms with Crippen LogP contribution in [-0.2, 0) is 4.79 Å². The molecule has 2 rings (SSSR count). The van der Waals surface area contributed by atoms with E-state index in [2.05, 4.69) is 4.90 Å². The summed E-state index contributed by atoms with van der Waals surface area (Å²) in [6.07, 6.45) is 3.12. The number of primary amides is 1. The number of carboxylic acids is 1. The second-order valence-electron chi connectivity index (χ2n) is 5.30. The van der Waals surface area contributed by atoms with Gasteiger partial charge in [-0.3, -0.25) is 9.59 Å². The molecule has 0 aromatic heterocycles. The summed E-state index contributed by atoms with van der Waals surface area (Å²) in [5.41, 5.74) is 6.80. The minimum absolute atomic E-state index is 0.235. The first-order valence-corrected chi connectivity index (χ1v) is 6.93. The predicted octanol–water partition coefficient (Wildman–Crippen LogP) is 1.87. The molecular formula is C15H20N2O3. The number of hydrogen-bond donors (Lipinski definition) is 2. The van der Waals surface area contributed by atoms with Gasteiger partial charge in [-0.15, -0.1) is 0 Å². The molecule has 0 spiro atoms. The summed E-state index contributed by atoms with van der Waals surface area (Å²) < 4.78 is 0. The average Bonchev–Trinajstić information content (AvgIpc) is 2.45. The average molecular weight is 276 g/mol. The topological polar surface area (TPSA) is 83.6 Å². The van der Waals surface area contributed by atoms with Crippen LogP contribution in [0.5, 0.6) is 0 Å². The third-order valence-electron chi connectivity index (χ3n) is 3.80. The quantitative estimate of drug-likeness (QED) is 0.860. The van der Waals surface area contributed by atoms with Crippen molar-refractivity contribution in [3.8, 4) is 0 Å². The minimum Gasteiger partial charge on any atom is -0.481 e. The summed E-state index contributed by atoms with van der Waals surface area (Å²) in [6.45, 7) is 1.85. The zero-order chi connectivity index (χ0) is 14.5. The van der Waals surface area contributed by atoms with Gasteiger partial charge in [-0.05, 0) is 49.4 Å². The number of anilines is 1. The number of aliphatic carboxylic acids is 1. The van der Waals surface area contributed by atoms with Gasteiger partial charge in [-0.1, -0.05) is 0 Å². The van der Waals surface area contributed by atoms with Gasteiger partial charge in [0.1, 0.15) is 0 Å². The maximum Gasteiger partial charge on any atom is 0.303 e. The molecule has 1 aliphatic rings. The number of rotatable bonds is 5. The highest BCUT2D eigenvalue weighted by atomic mass is 16.4. The molecule has 0 saturated carbocycles. The van der Waals surface area contributed by atoms with Crippen molar-refractivity contribution in [1.29, 1.82) is 0 Å². The molecule has 5 nitrogen and oxygen atoms in total. The van der Waals surface area contributed by atoms with Gasteiger partial charge >= 0.3 is 5.97 Å². The van der Waals surface area contributed by atoms with E-state index < -0.39 is 11.9 Å². The molecule has 108 valence electrons. The molecular weight excluding hydrogens is 256 g/mol. The van der Waals surface area contributed by atoms with Crippen LogP contribution in [0.25, 0.3) is 0 Å². The highest BCUT2D eigenvalue weighted by Gasteiger charge is 2.20. The molecule has 1 aromatic rings. The Morgan fingerprint density at radius 3 is 2.60 bits per heavy atom. The van der Waals surface area contributed by atoms with Crippen LogP contribution in [0.3, 0.4) is 0 Å². The van der Waals surface area contributed by atoms with Crippen LogP contribution in [0.1, 0.15) is 36.0 Å². The molecule has 20 heavy (non-hydrogen) atoms. The molecule has 1 saturated heterocycles. The monoisotopic (exact) mass is 276 g/mol. The highest BCUT2D eigenvalue weighted by molar-refractivity contribution is 5.93. The molecule has 5 heteroatoms. The van der Waals surface area contributed by atoms with Crippen LogP contribution in [0, 0.1) is 5.92 Å². The SMILES string of the molecule is NC(=O)c1ccc(N2CCCC(CCC(=O)O)C2)cc1. The van der Waals surface area contributed by atoms with Crippen LogP contribution in [-0.4, -0.2) is 30.1 Å². The Hall–Kier alpha value is -2.04. The van der Waals surface area contributed by atoms with Crippen molar-refractivity contribution in [2.45, 2.75) is 25.7 Å². The number of piperidine rings is 1. The van der Waals surface area contributed by atoms with E-state index in [4.69, 9.17) is 10.8 Å². The van der Waals surface area contributed by atoms with Crippen molar-refractivity contribution in [1.82, 2.24) is 0 Å². The first kappa shape index (κ1) is 14.4. The van der Waals surface area contributed by atoms with Gasteiger partial charge < -0.3 is 15.7 Å². The number of carboxylic acid groups (broad SMARTS) is 1. The molecule has 1 fully saturated rings. The van der Waals surface area contributed by atoms with Crippen LogP contribution in [0.4, 0.5) is 5.69 Å². The zero-order valence-corrected chi connectivity index (χ0v) is 11.4. The number of nitrogens with zero attached hydrogens (tertiary/aromatic N) is 1. The Morgan fingerprint density at radius 2 is 2.00 bits per heavy atom. The van der Waals surface area contributed by atoms with Crippen LogP contribution < -0.4 is 10.6 Å². The fraction of sp³-hybridized carbons (Fsp3) is 0.467. The van der Waals surface area contributed by atoms with Gasteiger partial charge in [-0.25, -0.2) is 0 Å². The summed E-state index contributed by atoms with van der Waals surface area (Å²) in [5, 5.41) is 8.75. The number of nitrogens with two attached hydrogens (primary N) is 1. The fourth-order valence-corrected chi connectivity index (χ4v) is 2.70. The standard InChI is InChI=1S/C15H20N2O3/c16-15(20)12-4-6-13(7-5-12)17-9-1-2-11(10-17)3-8-14(18)19/h4-7,11H,1-3,8-10H2,(H2,16,20)(H,18,19). The second kappa shape index (κ2) is 6.41. The Kier molecular flexibility index (Phi) is 4.61. The van der Waals surface area contributed by atoms with Gasteiger partial charge in [-0.2, -0.15) is 0 Å². The third-order valence-corrected chi connectivity index (χ3v) is 3.80. The zero-order valence-electron chi connectivity index (χ0n) is 11.4. The summed E-state index contributed by atoms with van der Waals surface area (Å²) in [5.74, 6) is -0.724. The van der Waals surface area contributed by atoms with E-state index in [9.17, 15) is 9.59 Å². The summed E-state index contributed by atoms with van der Waals surface area (Å²) >= 11 is 0. The maximum atomic E-state index is 11.0. The Bertz CT molecular complexity index is 484. The predicted molar refractivity (Wildman–Crippen MR) is 76.8 cm³/mol. The molecule has 1 unspecified atom stereocenters. The van der Waals surface area contributed by atoms with Gasteiger partial charge in [0.2, 0.25) is 5.91 Å². The number of amides is 1. The van der Waals surface area contributed by atoms with Crippen LogP contribution >= 0.6 is 0 Å². The summed E-state index contributed by atoms with van der Waals surface area (Å²) in [7, 11) is 0. The summed E-state index contributed by atoms with van der Waals surface area (Å²) in [6, 6.07) is 7.27. The Balaban J connectivity index is 1.97. The van der Waals surface area contributed by atoms with Crippen molar-refractivity contribution < 1.29 is 14.7 Å². The second-order valence-corrected chi connectivity index (χ2v) is 5.30. The maximum absolute atomic E-state index is 11.0. The van der Waals surface area contributed by atoms with Crippen molar-refractivity contribution in [2.24, 2.45) is 11.7 Å². The van der Waals surface area contributed by atoms with E-state index in [0.717, 1.165) is 38.0 Å². The lowest BCUT2D eigenvalue weighted by molar-refractivity contribution is -0.137. The lowest BCUT2D eigenvalue weighted by Gasteiger charge is -2.34. The first-order chi connectivity index (χ1) is 9.56. The molecule has 1 amide bonds. The third kappa shape index (κ3) is 3.73. The van der Waals surface area contributed by atoms with Crippen LogP contribution in [0.15, 0.2) is 24.3 Å². The van der Waals surface area contributed by atoms with Crippen molar-refractivity contribution in [3.05, 3.63) is 29.8 Å². The number of benzene rings is 1. The van der Waals surface area contributed by atoms with E-state index in [0.29, 0.717) is 11.5 Å². The lowest BCUT2D eigenvalue weighted by Crippen LogP contribution is -2.35. The Morgan fingerprint density at radius 1 is 1.30 bits per heavy atom. The van der Waals surface area contributed by atoms with Crippen molar-refractivity contribution in [3.63, 3.8) is 0 Å². The number of hydrogen-bond acceptors (Lipinski definition) is 3. The van der Waals surface area contributed by atoms with E-state index in [1.165, 1.54) is 0 Å². The first-order valence-electron chi connectivity index (χ1n) is 6.93. The number of carbonyl (C=O) groups excluding carboxylic acids is 1. The van der Waals surface area contributed by atoms with Gasteiger partial charge in [0, 0.05) is 30.8 Å². The van der Waals surface area contributed by atoms with Gasteiger partial charge in [0.05, 0.1) is 0 Å². The van der Waals surface area contributed by atoms with E-state index in [1.54, 1.807) is 12.1 Å². The number of carbonyl (C=O) groups is 2. The van der Waals surface area contributed by atoms with E-state index in [1.807, 2.05) is 12.1 Å². The molecule has 0 aliphatic carbocycles. The largest absolute Gasteiger partial charge is 0.481 e.